The van der Waals surface area contributed by atoms with Crippen LogP contribution in [0.5, 0.6) is 0 Å². The summed E-state index contributed by atoms with van der Waals surface area (Å²) in [7, 11) is 0. The van der Waals surface area contributed by atoms with Crippen molar-refractivity contribution in [2.45, 2.75) is 6.92 Å². The Morgan fingerprint density at radius 3 is 2.89 bits per heavy atom. The molecule has 19 heavy (non-hydrogen) atoms. The number of aromatic nitrogens is 3. The summed E-state index contributed by atoms with van der Waals surface area (Å²) in [5, 5.41) is 0. The lowest BCUT2D eigenvalue weighted by Gasteiger charge is -2.09. The molecule has 6 heteroatoms. The van der Waals surface area contributed by atoms with Crippen LogP contribution in [0.15, 0.2) is 39.4 Å². The second-order valence-electron chi connectivity index (χ2n) is 4.17. The molecule has 3 aromatic rings. The van der Waals surface area contributed by atoms with Crippen molar-refractivity contribution in [2.75, 3.05) is 0 Å². The largest absolute Gasteiger partial charge is 0.329 e. The van der Waals surface area contributed by atoms with Gasteiger partial charge in [0.2, 0.25) is 0 Å². The molecule has 0 saturated carbocycles. The maximum Gasteiger partial charge on any atom is 0.184 e. The van der Waals surface area contributed by atoms with E-state index in [0.717, 1.165) is 31.4 Å². The topological polar surface area (TPSA) is 33.6 Å². The van der Waals surface area contributed by atoms with Gasteiger partial charge in [0.25, 0.3) is 0 Å². The number of hydrogen-bond donors (Lipinski definition) is 1. The maximum absolute atomic E-state index is 5.42. The molecule has 0 unspecified atom stereocenters. The fourth-order valence-electron chi connectivity index (χ4n) is 2.03. The molecule has 0 radical (unpaired) electrons. The molecule has 96 valence electrons. The van der Waals surface area contributed by atoms with E-state index in [9.17, 15) is 0 Å². The number of halogens is 2. The number of H-pyrrole nitrogens is 1. The lowest BCUT2D eigenvalue weighted by molar-refractivity contribution is 1.03. The monoisotopic (exact) mass is 397 g/mol. The predicted molar refractivity (Wildman–Crippen MR) is 86.4 cm³/mol. The second-order valence-corrected chi connectivity index (χ2v) is 6.33. The summed E-state index contributed by atoms with van der Waals surface area (Å²) in [4.78, 5) is 7.63. The third-order valence-corrected chi connectivity index (χ3v) is 4.55. The summed E-state index contributed by atoms with van der Waals surface area (Å²) in [6.07, 6.45) is 1.77. The molecule has 3 nitrogen and oxygen atoms in total. The van der Waals surface area contributed by atoms with Crippen molar-refractivity contribution in [3.05, 3.63) is 49.7 Å². The van der Waals surface area contributed by atoms with Gasteiger partial charge in [0.1, 0.15) is 0 Å². The van der Waals surface area contributed by atoms with Gasteiger partial charge in [0.05, 0.1) is 11.2 Å². The average Bonchev–Trinajstić information content (AvgIpc) is 2.68. The number of pyridine rings is 1. The van der Waals surface area contributed by atoms with Crippen molar-refractivity contribution >= 4 is 55.2 Å². The standard InChI is InChI=1S/C13H9Br2N3S/c1-7-9(15)3-2-4-11(7)18-12-10(17-13(18)19)5-8(14)6-16-12/h2-6H,1H3,(H,17,19). The normalized spacial score (nSPS) is 11.1. The summed E-state index contributed by atoms with van der Waals surface area (Å²) in [5.41, 5.74) is 3.90. The highest BCUT2D eigenvalue weighted by Gasteiger charge is 2.11. The van der Waals surface area contributed by atoms with Gasteiger partial charge in [-0.1, -0.05) is 22.0 Å². The first kappa shape index (κ1) is 13.0. The third-order valence-electron chi connectivity index (χ3n) is 2.97. The Labute approximate surface area is 131 Å². The van der Waals surface area contributed by atoms with Crippen molar-refractivity contribution in [1.29, 1.82) is 0 Å². The van der Waals surface area contributed by atoms with Crippen molar-refractivity contribution in [2.24, 2.45) is 0 Å². The van der Waals surface area contributed by atoms with Crippen LogP contribution in [0.3, 0.4) is 0 Å². The smallest absolute Gasteiger partial charge is 0.184 e. The SMILES string of the molecule is Cc1c(Br)cccc1-n1c(=S)[nH]c2cc(Br)cnc21. The molecule has 0 bridgehead atoms. The van der Waals surface area contributed by atoms with E-state index in [1.807, 2.05) is 28.8 Å². The Morgan fingerprint density at radius 1 is 1.32 bits per heavy atom. The van der Waals surface area contributed by atoms with Crippen LogP contribution in [-0.4, -0.2) is 14.5 Å². The van der Waals surface area contributed by atoms with Crippen LogP contribution < -0.4 is 0 Å². The minimum absolute atomic E-state index is 0.641. The Bertz CT molecular complexity index is 836. The van der Waals surface area contributed by atoms with Gasteiger partial charge in [-0.25, -0.2) is 4.98 Å². The van der Waals surface area contributed by atoms with Crippen LogP contribution in [0, 0.1) is 11.7 Å². The average molecular weight is 399 g/mol. The van der Waals surface area contributed by atoms with Gasteiger partial charge in [0, 0.05) is 15.1 Å². The zero-order chi connectivity index (χ0) is 13.6. The number of fused-ring (bicyclic) bond motifs is 1. The van der Waals surface area contributed by atoms with Crippen molar-refractivity contribution in [3.63, 3.8) is 0 Å². The van der Waals surface area contributed by atoms with Crippen LogP contribution in [0.1, 0.15) is 5.56 Å². The van der Waals surface area contributed by atoms with E-state index in [0.29, 0.717) is 4.77 Å². The van der Waals surface area contributed by atoms with Gasteiger partial charge in [0.15, 0.2) is 10.4 Å². The van der Waals surface area contributed by atoms with E-state index in [-0.39, 0.29) is 0 Å². The Hall–Kier alpha value is -0.980. The lowest BCUT2D eigenvalue weighted by atomic mass is 10.2. The van der Waals surface area contributed by atoms with E-state index in [1.165, 1.54) is 0 Å². The highest BCUT2D eigenvalue weighted by atomic mass is 79.9. The first-order chi connectivity index (χ1) is 9.08. The minimum Gasteiger partial charge on any atom is -0.329 e. The van der Waals surface area contributed by atoms with Crippen molar-refractivity contribution < 1.29 is 0 Å². The van der Waals surface area contributed by atoms with Gasteiger partial charge < -0.3 is 4.98 Å². The van der Waals surface area contributed by atoms with Gasteiger partial charge in [-0.2, -0.15) is 0 Å². The predicted octanol–water partition coefficient (Wildman–Crippen LogP) is 4.92. The van der Waals surface area contributed by atoms with Gasteiger partial charge in [-0.3, -0.25) is 4.57 Å². The van der Waals surface area contributed by atoms with E-state index in [4.69, 9.17) is 12.2 Å². The number of nitrogens with zero attached hydrogens (tertiary/aromatic N) is 2. The molecule has 1 aromatic carbocycles. The Kier molecular flexibility index (Phi) is 3.32. The fraction of sp³-hybridized carbons (Fsp3) is 0.0769. The van der Waals surface area contributed by atoms with E-state index >= 15 is 0 Å². The molecule has 2 heterocycles. The molecule has 0 fully saturated rings. The van der Waals surface area contributed by atoms with Crippen LogP contribution in [-0.2, 0) is 0 Å². The number of benzene rings is 1. The lowest BCUT2D eigenvalue weighted by Crippen LogP contribution is -1.98. The molecule has 0 amide bonds. The molecule has 2 aromatic heterocycles. The number of aromatic amines is 1. The molecule has 0 saturated heterocycles. The number of imidazole rings is 1. The van der Waals surface area contributed by atoms with Crippen molar-refractivity contribution in [1.82, 2.24) is 14.5 Å². The summed E-state index contributed by atoms with van der Waals surface area (Å²) in [6, 6.07) is 8.02. The zero-order valence-electron chi connectivity index (χ0n) is 9.95. The Morgan fingerprint density at radius 2 is 2.11 bits per heavy atom. The first-order valence-corrected chi connectivity index (χ1v) is 7.59. The molecule has 0 atom stereocenters. The summed E-state index contributed by atoms with van der Waals surface area (Å²) >= 11 is 12.4. The van der Waals surface area contributed by atoms with Gasteiger partial charge in [-0.05, 0) is 58.8 Å². The molecule has 0 spiro atoms. The fourth-order valence-corrected chi connectivity index (χ4v) is 3.01. The highest BCUT2D eigenvalue weighted by molar-refractivity contribution is 9.10. The van der Waals surface area contributed by atoms with E-state index in [1.54, 1.807) is 6.20 Å². The number of hydrogen-bond acceptors (Lipinski definition) is 2. The molecule has 3 rings (SSSR count). The van der Waals surface area contributed by atoms with Crippen molar-refractivity contribution in [3.8, 4) is 5.69 Å². The molecule has 0 aliphatic rings. The van der Waals surface area contributed by atoms with E-state index < -0.39 is 0 Å². The quantitative estimate of drug-likeness (QED) is 0.590. The van der Waals surface area contributed by atoms with E-state index in [2.05, 4.69) is 48.8 Å². The minimum atomic E-state index is 0.641. The second kappa shape index (κ2) is 4.85. The Balaban J connectivity index is 2.40. The van der Waals surface area contributed by atoms with Gasteiger partial charge >= 0.3 is 0 Å². The van der Waals surface area contributed by atoms with Gasteiger partial charge in [-0.15, -0.1) is 0 Å². The number of rotatable bonds is 1. The molecular formula is C13H9Br2N3S. The van der Waals surface area contributed by atoms with Crippen LogP contribution in [0.25, 0.3) is 16.9 Å². The van der Waals surface area contributed by atoms with Crippen LogP contribution in [0.4, 0.5) is 0 Å². The molecule has 0 aliphatic carbocycles. The molecule has 1 N–H and O–H groups in total. The third kappa shape index (κ3) is 2.17. The highest BCUT2D eigenvalue weighted by Crippen LogP contribution is 2.26. The molecule has 0 aliphatic heterocycles. The summed E-state index contributed by atoms with van der Waals surface area (Å²) < 4.78 is 4.58. The van der Waals surface area contributed by atoms with Crippen LogP contribution in [0.2, 0.25) is 0 Å². The zero-order valence-corrected chi connectivity index (χ0v) is 13.9. The first-order valence-electron chi connectivity index (χ1n) is 5.59. The molecular weight excluding hydrogens is 390 g/mol. The maximum atomic E-state index is 5.42. The summed E-state index contributed by atoms with van der Waals surface area (Å²) in [5.74, 6) is 0. The number of nitrogens with one attached hydrogen (secondary N) is 1. The summed E-state index contributed by atoms with van der Waals surface area (Å²) in [6.45, 7) is 2.05. The van der Waals surface area contributed by atoms with Crippen LogP contribution >= 0.6 is 44.1 Å².